The summed E-state index contributed by atoms with van der Waals surface area (Å²) in [6, 6.07) is 0. The van der Waals surface area contributed by atoms with Crippen LogP contribution in [0.4, 0.5) is 0 Å². The van der Waals surface area contributed by atoms with E-state index in [-0.39, 0.29) is 17.9 Å². The molecule has 136 valence electrons. The van der Waals surface area contributed by atoms with Crippen LogP contribution < -0.4 is 0 Å². The molecule has 0 aliphatic rings. The van der Waals surface area contributed by atoms with Gasteiger partial charge in [0, 0.05) is 6.42 Å². The summed E-state index contributed by atoms with van der Waals surface area (Å²) >= 11 is 0. The minimum absolute atomic E-state index is 0.0508. The van der Waals surface area contributed by atoms with Crippen molar-refractivity contribution in [3.8, 4) is 0 Å². The third-order valence-corrected chi connectivity index (χ3v) is 4.43. The Labute approximate surface area is 142 Å². The second-order valence-corrected chi connectivity index (χ2v) is 6.67. The third-order valence-electron chi connectivity index (χ3n) is 4.43. The van der Waals surface area contributed by atoms with Gasteiger partial charge in [-0.2, -0.15) is 0 Å². The lowest BCUT2D eigenvalue weighted by Crippen LogP contribution is -2.21. The van der Waals surface area contributed by atoms with E-state index in [0.717, 1.165) is 25.7 Å². The Morgan fingerprint density at radius 3 is 1.65 bits per heavy atom. The van der Waals surface area contributed by atoms with E-state index >= 15 is 0 Å². The van der Waals surface area contributed by atoms with E-state index in [1.165, 1.54) is 52.7 Å². The van der Waals surface area contributed by atoms with Crippen LogP contribution in [-0.4, -0.2) is 26.2 Å². The van der Waals surface area contributed by atoms with Crippen molar-refractivity contribution in [2.24, 2.45) is 11.8 Å². The highest BCUT2D eigenvalue weighted by Crippen LogP contribution is 2.21. The van der Waals surface area contributed by atoms with Gasteiger partial charge in [-0.25, -0.2) is 0 Å². The van der Waals surface area contributed by atoms with E-state index in [0.29, 0.717) is 12.3 Å². The SMILES string of the molecule is COC(=O)CCCCCCCCCCCC(C(=O)OC)C(C)C. The molecule has 4 heteroatoms. The van der Waals surface area contributed by atoms with Crippen molar-refractivity contribution in [2.75, 3.05) is 14.2 Å². The Balaban J connectivity index is 3.42. The Hall–Kier alpha value is -1.06. The second kappa shape index (κ2) is 14.5. The van der Waals surface area contributed by atoms with E-state index in [4.69, 9.17) is 4.74 Å². The van der Waals surface area contributed by atoms with Crippen molar-refractivity contribution < 1.29 is 19.1 Å². The molecule has 0 bridgehead atoms. The van der Waals surface area contributed by atoms with Crippen LogP contribution in [0.3, 0.4) is 0 Å². The molecule has 4 nitrogen and oxygen atoms in total. The van der Waals surface area contributed by atoms with E-state index in [1.54, 1.807) is 0 Å². The molecule has 0 aliphatic carbocycles. The first-order valence-electron chi connectivity index (χ1n) is 9.17. The number of methoxy groups -OCH3 is 2. The standard InChI is InChI=1S/C19H36O4/c1-16(2)17(19(21)23-4)14-12-10-8-6-5-7-9-11-13-15-18(20)22-3/h16-17H,5-15H2,1-4H3. The van der Waals surface area contributed by atoms with Gasteiger partial charge in [0.25, 0.3) is 0 Å². The Kier molecular flexibility index (Phi) is 13.9. The summed E-state index contributed by atoms with van der Waals surface area (Å²) in [5, 5.41) is 0. The predicted molar refractivity (Wildman–Crippen MR) is 93.1 cm³/mol. The number of esters is 2. The summed E-state index contributed by atoms with van der Waals surface area (Å²) < 4.78 is 9.49. The van der Waals surface area contributed by atoms with Gasteiger partial charge in [-0.3, -0.25) is 9.59 Å². The first kappa shape index (κ1) is 21.9. The maximum absolute atomic E-state index is 11.7. The van der Waals surface area contributed by atoms with E-state index in [1.807, 2.05) is 0 Å². The molecule has 0 aromatic heterocycles. The largest absolute Gasteiger partial charge is 0.469 e. The van der Waals surface area contributed by atoms with Crippen molar-refractivity contribution in [1.82, 2.24) is 0 Å². The third kappa shape index (κ3) is 12.1. The van der Waals surface area contributed by atoms with Crippen molar-refractivity contribution in [2.45, 2.75) is 84.5 Å². The predicted octanol–water partition coefficient (Wildman–Crippen LogP) is 4.90. The molecule has 0 saturated carbocycles. The van der Waals surface area contributed by atoms with Crippen LogP contribution in [0.1, 0.15) is 84.5 Å². The molecule has 0 amide bonds. The topological polar surface area (TPSA) is 52.6 Å². The molecule has 0 N–H and O–H groups in total. The Morgan fingerprint density at radius 1 is 0.739 bits per heavy atom. The van der Waals surface area contributed by atoms with Gasteiger partial charge in [-0.1, -0.05) is 65.2 Å². The summed E-state index contributed by atoms with van der Waals surface area (Å²) in [7, 11) is 2.92. The van der Waals surface area contributed by atoms with Crippen molar-refractivity contribution in [1.29, 1.82) is 0 Å². The highest BCUT2D eigenvalue weighted by atomic mass is 16.5. The summed E-state index contributed by atoms with van der Waals surface area (Å²) in [5.74, 6) is 0.242. The van der Waals surface area contributed by atoms with Crippen LogP contribution in [0.25, 0.3) is 0 Å². The number of hydrogen-bond donors (Lipinski definition) is 0. The van der Waals surface area contributed by atoms with Crippen molar-refractivity contribution in [3.63, 3.8) is 0 Å². The van der Waals surface area contributed by atoms with Crippen LogP contribution in [0.2, 0.25) is 0 Å². The monoisotopic (exact) mass is 328 g/mol. The van der Waals surface area contributed by atoms with Crippen LogP contribution in [0.5, 0.6) is 0 Å². The van der Waals surface area contributed by atoms with Gasteiger partial charge in [0.2, 0.25) is 0 Å². The molecular formula is C19H36O4. The van der Waals surface area contributed by atoms with Crippen molar-refractivity contribution >= 4 is 11.9 Å². The van der Waals surface area contributed by atoms with Gasteiger partial charge < -0.3 is 9.47 Å². The lowest BCUT2D eigenvalue weighted by molar-refractivity contribution is -0.147. The van der Waals surface area contributed by atoms with Gasteiger partial charge in [-0.05, 0) is 18.8 Å². The fourth-order valence-electron chi connectivity index (χ4n) is 2.85. The van der Waals surface area contributed by atoms with Crippen LogP contribution >= 0.6 is 0 Å². The molecule has 0 saturated heterocycles. The molecule has 1 atom stereocenters. The number of carbonyl (C=O) groups excluding carboxylic acids is 2. The van der Waals surface area contributed by atoms with Gasteiger partial charge in [0.15, 0.2) is 0 Å². The molecule has 1 unspecified atom stereocenters. The van der Waals surface area contributed by atoms with E-state index < -0.39 is 0 Å². The van der Waals surface area contributed by atoms with Crippen LogP contribution in [0, 0.1) is 11.8 Å². The molecule has 0 radical (unpaired) electrons. The van der Waals surface area contributed by atoms with E-state index in [2.05, 4.69) is 18.6 Å². The number of hydrogen-bond acceptors (Lipinski definition) is 4. The molecule has 0 aliphatic heterocycles. The second-order valence-electron chi connectivity index (χ2n) is 6.67. The van der Waals surface area contributed by atoms with Gasteiger partial charge in [0.05, 0.1) is 20.1 Å². The first-order valence-corrected chi connectivity index (χ1v) is 9.17. The van der Waals surface area contributed by atoms with E-state index in [9.17, 15) is 9.59 Å². The van der Waals surface area contributed by atoms with Gasteiger partial charge >= 0.3 is 11.9 Å². The average molecular weight is 328 g/mol. The molecular weight excluding hydrogens is 292 g/mol. The zero-order chi connectivity index (χ0) is 17.5. The lowest BCUT2D eigenvalue weighted by atomic mass is 9.90. The van der Waals surface area contributed by atoms with Gasteiger partial charge in [-0.15, -0.1) is 0 Å². The quantitative estimate of drug-likeness (QED) is 0.336. The number of carbonyl (C=O) groups is 2. The number of rotatable bonds is 14. The minimum Gasteiger partial charge on any atom is -0.469 e. The highest BCUT2D eigenvalue weighted by Gasteiger charge is 2.21. The average Bonchev–Trinajstić information content (AvgIpc) is 2.54. The van der Waals surface area contributed by atoms with Crippen LogP contribution in [-0.2, 0) is 19.1 Å². The molecule has 0 fully saturated rings. The highest BCUT2D eigenvalue weighted by molar-refractivity contribution is 5.72. The molecule has 0 rings (SSSR count). The lowest BCUT2D eigenvalue weighted by Gasteiger charge is -2.17. The maximum atomic E-state index is 11.7. The van der Waals surface area contributed by atoms with Gasteiger partial charge in [0.1, 0.15) is 0 Å². The number of ether oxygens (including phenoxy) is 2. The molecule has 0 aromatic rings. The Morgan fingerprint density at radius 2 is 1.22 bits per heavy atom. The zero-order valence-corrected chi connectivity index (χ0v) is 15.6. The Bertz CT molecular complexity index is 312. The smallest absolute Gasteiger partial charge is 0.308 e. The summed E-state index contributed by atoms with van der Waals surface area (Å²) in [6.07, 6.45) is 12.1. The van der Waals surface area contributed by atoms with Crippen LogP contribution in [0.15, 0.2) is 0 Å². The summed E-state index contributed by atoms with van der Waals surface area (Å²) in [4.78, 5) is 22.6. The van der Waals surface area contributed by atoms with Crippen molar-refractivity contribution in [3.05, 3.63) is 0 Å². The summed E-state index contributed by atoms with van der Waals surface area (Å²) in [5.41, 5.74) is 0. The normalized spacial score (nSPS) is 12.2. The molecule has 0 heterocycles. The molecule has 0 spiro atoms. The summed E-state index contributed by atoms with van der Waals surface area (Å²) in [6.45, 7) is 4.17. The zero-order valence-electron chi connectivity index (χ0n) is 15.6. The fraction of sp³-hybridized carbons (Fsp3) is 0.895. The molecule has 0 aromatic carbocycles. The minimum atomic E-state index is -0.100. The maximum Gasteiger partial charge on any atom is 0.308 e. The first-order chi connectivity index (χ1) is 11.0. The fourth-order valence-corrected chi connectivity index (χ4v) is 2.85. The number of unbranched alkanes of at least 4 members (excludes halogenated alkanes) is 8. The molecule has 23 heavy (non-hydrogen) atoms.